The minimum Gasteiger partial charge on any atom is -0.380 e. The lowest BCUT2D eigenvalue weighted by Gasteiger charge is -2.17. The minimum atomic E-state index is -2.94. The van der Waals surface area contributed by atoms with E-state index in [4.69, 9.17) is 4.74 Å². The van der Waals surface area contributed by atoms with E-state index in [1.54, 1.807) is 14.2 Å². The highest BCUT2D eigenvalue weighted by atomic mass is 32.2. The average molecular weight is 341 g/mol. The second kappa shape index (κ2) is 9.52. The maximum absolute atomic E-state index is 11.2. The Morgan fingerprint density at radius 1 is 1.35 bits per heavy atom. The van der Waals surface area contributed by atoms with E-state index in [0.29, 0.717) is 25.5 Å². The maximum Gasteiger partial charge on any atom is 0.191 e. The highest BCUT2D eigenvalue weighted by Gasteiger charge is 2.09. The van der Waals surface area contributed by atoms with Gasteiger partial charge in [-0.15, -0.1) is 0 Å². The molecule has 6 nitrogen and oxygen atoms in total. The van der Waals surface area contributed by atoms with Gasteiger partial charge in [0, 0.05) is 33.0 Å². The standard InChI is InChI=1S/C16H27N3O3S/c1-13(8-9-23(4,20)21)19-16(17-2)18-11-14-6-5-7-15(10-14)12-22-3/h5-7,10,13H,8-9,11-12H2,1-4H3,(H2,17,18,19). The zero-order chi connectivity index (χ0) is 17.3. The fourth-order valence-electron chi connectivity index (χ4n) is 2.07. The lowest BCUT2D eigenvalue weighted by atomic mass is 10.1. The van der Waals surface area contributed by atoms with Crippen LogP contribution in [0, 0.1) is 0 Å². The molecule has 1 rings (SSSR count). The van der Waals surface area contributed by atoms with E-state index >= 15 is 0 Å². The molecular formula is C16H27N3O3S. The Balaban J connectivity index is 2.49. The summed E-state index contributed by atoms with van der Waals surface area (Å²) in [6.45, 7) is 3.16. The van der Waals surface area contributed by atoms with Crippen LogP contribution in [0.25, 0.3) is 0 Å². The highest BCUT2D eigenvalue weighted by Crippen LogP contribution is 2.06. The zero-order valence-electron chi connectivity index (χ0n) is 14.3. The van der Waals surface area contributed by atoms with Gasteiger partial charge in [-0.2, -0.15) is 0 Å². The van der Waals surface area contributed by atoms with E-state index in [1.807, 2.05) is 25.1 Å². The number of nitrogens with one attached hydrogen (secondary N) is 2. The van der Waals surface area contributed by atoms with Crippen LogP contribution in [-0.4, -0.2) is 46.6 Å². The van der Waals surface area contributed by atoms with Crippen LogP contribution < -0.4 is 10.6 Å². The fourth-order valence-corrected chi connectivity index (χ4v) is 2.85. The Bertz CT molecular complexity index is 615. The summed E-state index contributed by atoms with van der Waals surface area (Å²) in [5, 5.41) is 6.43. The van der Waals surface area contributed by atoms with Crippen molar-refractivity contribution in [3.05, 3.63) is 35.4 Å². The van der Waals surface area contributed by atoms with Crippen LogP contribution in [0.2, 0.25) is 0 Å². The van der Waals surface area contributed by atoms with Crippen molar-refractivity contribution in [2.75, 3.05) is 26.2 Å². The molecule has 0 saturated heterocycles. The molecule has 1 aromatic rings. The Hall–Kier alpha value is -1.60. The molecule has 0 spiro atoms. The smallest absolute Gasteiger partial charge is 0.191 e. The monoisotopic (exact) mass is 341 g/mol. The first-order valence-electron chi connectivity index (χ1n) is 7.55. The topological polar surface area (TPSA) is 79.8 Å². The van der Waals surface area contributed by atoms with E-state index in [2.05, 4.69) is 21.7 Å². The number of methoxy groups -OCH3 is 1. The Labute approximate surface area is 139 Å². The summed E-state index contributed by atoms with van der Waals surface area (Å²) in [7, 11) is 0.430. The molecule has 23 heavy (non-hydrogen) atoms. The summed E-state index contributed by atoms with van der Waals surface area (Å²) >= 11 is 0. The van der Waals surface area contributed by atoms with Crippen molar-refractivity contribution in [2.45, 2.75) is 32.5 Å². The largest absolute Gasteiger partial charge is 0.380 e. The van der Waals surface area contributed by atoms with Gasteiger partial charge in [-0.25, -0.2) is 8.42 Å². The van der Waals surface area contributed by atoms with Crippen LogP contribution in [0.5, 0.6) is 0 Å². The van der Waals surface area contributed by atoms with Crippen molar-refractivity contribution in [3.63, 3.8) is 0 Å². The van der Waals surface area contributed by atoms with E-state index in [0.717, 1.165) is 11.1 Å². The number of rotatable bonds is 8. The molecule has 130 valence electrons. The summed E-state index contributed by atoms with van der Waals surface area (Å²) in [5.41, 5.74) is 2.25. The fraction of sp³-hybridized carbons (Fsp3) is 0.562. The zero-order valence-corrected chi connectivity index (χ0v) is 15.1. The summed E-state index contributed by atoms with van der Waals surface area (Å²) < 4.78 is 27.5. The van der Waals surface area contributed by atoms with Gasteiger partial charge in [-0.3, -0.25) is 4.99 Å². The van der Waals surface area contributed by atoms with E-state index in [9.17, 15) is 8.42 Å². The van der Waals surface area contributed by atoms with Gasteiger partial charge in [0.2, 0.25) is 0 Å². The third-order valence-electron chi connectivity index (χ3n) is 3.29. The van der Waals surface area contributed by atoms with Crippen molar-refractivity contribution >= 4 is 15.8 Å². The van der Waals surface area contributed by atoms with Crippen LogP contribution >= 0.6 is 0 Å². The molecule has 0 aromatic heterocycles. The summed E-state index contributed by atoms with van der Waals surface area (Å²) in [6, 6.07) is 8.16. The maximum atomic E-state index is 11.2. The van der Waals surface area contributed by atoms with Crippen LogP contribution in [0.3, 0.4) is 0 Å². The van der Waals surface area contributed by atoms with Gasteiger partial charge >= 0.3 is 0 Å². The summed E-state index contributed by atoms with van der Waals surface area (Å²) in [5.74, 6) is 0.820. The van der Waals surface area contributed by atoms with E-state index < -0.39 is 9.84 Å². The molecule has 1 atom stereocenters. The van der Waals surface area contributed by atoms with Gasteiger partial charge < -0.3 is 15.4 Å². The SMILES string of the molecule is CN=C(NCc1cccc(COC)c1)NC(C)CCS(C)(=O)=O. The second-order valence-corrected chi connectivity index (χ2v) is 7.90. The number of nitrogens with zero attached hydrogens (tertiary/aromatic N) is 1. The Morgan fingerprint density at radius 3 is 2.65 bits per heavy atom. The molecule has 0 aliphatic rings. The second-order valence-electron chi connectivity index (χ2n) is 5.64. The number of sulfone groups is 1. The third kappa shape index (κ3) is 8.56. The molecule has 0 saturated carbocycles. The van der Waals surface area contributed by atoms with Gasteiger partial charge in [-0.1, -0.05) is 24.3 Å². The quantitative estimate of drug-likeness (QED) is 0.551. The third-order valence-corrected chi connectivity index (χ3v) is 4.27. The van der Waals surface area contributed by atoms with E-state index in [-0.39, 0.29) is 11.8 Å². The molecule has 0 aliphatic heterocycles. The summed E-state index contributed by atoms with van der Waals surface area (Å²) in [6.07, 6.45) is 1.79. The molecule has 1 unspecified atom stereocenters. The number of benzene rings is 1. The van der Waals surface area contributed by atoms with Crippen molar-refractivity contribution in [2.24, 2.45) is 4.99 Å². The van der Waals surface area contributed by atoms with Crippen molar-refractivity contribution in [3.8, 4) is 0 Å². The lowest BCUT2D eigenvalue weighted by molar-refractivity contribution is 0.185. The minimum absolute atomic E-state index is 0.0238. The van der Waals surface area contributed by atoms with Crippen LogP contribution in [0.4, 0.5) is 0 Å². The first kappa shape index (κ1) is 19.4. The van der Waals surface area contributed by atoms with Gasteiger partial charge in [0.1, 0.15) is 9.84 Å². The molecule has 0 radical (unpaired) electrons. The normalized spacial score (nSPS) is 13.7. The van der Waals surface area contributed by atoms with Gasteiger partial charge in [0.05, 0.1) is 12.4 Å². The van der Waals surface area contributed by atoms with Crippen molar-refractivity contribution in [1.82, 2.24) is 10.6 Å². The first-order chi connectivity index (χ1) is 10.8. The van der Waals surface area contributed by atoms with E-state index in [1.165, 1.54) is 6.26 Å². The van der Waals surface area contributed by atoms with Crippen LogP contribution in [-0.2, 0) is 27.7 Å². The van der Waals surface area contributed by atoms with Crippen LogP contribution in [0.15, 0.2) is 29.3 Å². The van der Waals surface area contributed by atoms with Gasteiger partial charge in [0.15, 0.2) is 5.96 Å². The Morgan fingerprint density at radius 2 is 2.04 bits per heavy atom. The predicted molar refractivity (Wildman–Crippen MR) is 94.3 cm³/mol. The molecule has 0 heterocycles. The molecule has 0 amide bonds. The lowest BCUT2D eigenvalue weighted by Crippen LogP contribution is -2.42. The van der Waals surface area contributed by atoms with Crippen LogP contribution in [0.1, 0.15) is 24.5 Å². The molecule has 0 fully saturated rings. The number of hydrogen-bond donors (Lipinski definition) is 2. The number of hydrogen-bond acceptors (Lipinski definition) is 4. The molecule has 2 N–H and O–H groups in total. The molecule has 0 bridgehead atoms. The van der Waals surface area contributed by atoms with Crippen molar-refractivity contribution < 1.29 is 13.2 Å². The molecular weight excluding hydrogens is 314 g/mol. The summed E-state index contributed by atoms with van der Waals surface area (Å²) in [4.78, 5) is 4.17. The highest BCUT2D eigenvalue weighted by molar-refractivity contribution is 7.90. The average Bonchev–Trinajstić information content (AvgIpc) is 2.49. The van der Waals surface area contributed by atoms with Crippen molar-refractivity contribution in [1.29, 1.82) is 0 Å². The number of aliphatic imine (C=N–C) groups is 1. The number of guanidine groups is 1. The van der Waals surface area contributed by atoms with Gasteiger partial charge in [0.25, 0.3) is 0 Å². The molecule has 7 heteroatoms. The first-order valence-corrected chi connectivity index (χ1v) is 9.61. The molecule has 1 aromatic carbocycles. The Kier molecular flexibility index (Phi) is 8.05. The molecule has 0 aliphatic carbocycles. The van der Waals surface area contributed by atoms with Gasteiger partial charge in [-0.05, 0) is 24.5 Å². The predicted octanol–water partition coefficient (Wildman–Crippen LogP) is 1.32. The number of ether oxygens (including phenoxy) is 1.